The minimum absolute atomic E-state index is 0.0443. The van der Waals surface area contributed by atoms with Gasteiger partial charge in [-0.05, 0) is 12.8 Å². The first-order valence-electron chi connectivity index (χ1n) is 4.99. The van der Waals surface area contributed by atoms with E-state index in [1.807, 2.05) is 4.90 Å². The Hall–Kier alpha value is -0.870. The summed E-state index contributed by atoms with van der Waals surface area (Å²) in [5, 5.41) is 11.7. The molecule has 0 radical (unpaired) electrons. The van der Waals surface area contributed by atoms with Crippen LogP contribution in [0.5, 0.6) is 0 Å². The number of aliphatic hydroxyl groups is 1. The van der Waals surface area contributed by atoms with Gasteiger partial charge in [0.25, 0.3) is 0 Å². The van der Waals surface area contributed by atoms with E-state index in [9.17, 15) is 4.79 Å². The van der Waals surface area contributed by atoms with Gasteiger partial charge >= 0.3 is 0 Å². The zero-order valence-electron chi connectivity index (χ0n) is 8.41. The first-order chi connectivity index (χ1) is 6.76. The van der Waals surface area contributed by atoms with Crippen LogP contribution >= 0.6 is 0 Å². The number of amides is 1. The molecule has 0 bridgehead atoms. The second-order valence-corrected chi connectivity index (χ2v) is 3.59. The van der Waals surface area contributed by atoms with Gasteiger partial charge in [-0.25, -0.2) is 0 Å². The predicted molar refractivity (Wildman–Crippen MR) is 54.9 cm³/mol. The average Bonchev–Trinajstić information content (AvgIpc) is 2.89. The Labute approximate surface area is 84.6 Å². The van der Waals surface area contributed by atoms with Crippen molar-refractivity contribution in [2.45, 2.75) is 18.9 Å². The van der Waals surface area contributed by atoms with E-state index in [0.29, 0.717) is 25.7 Å². The molecule has 0 atom stereocenters. The van der Waals surface area contributed by atoms with E-state index in [4.69, 9.17) is 5.11 Å². The summed E-state index contributed by atoms with van der Waals surface area (Å²) in [7, 11) is 0. The molecule has 4 heteroatoms. The van der Waals surface area contributed by atoms with E-state index in [-0.39, 0.29) is 12.5 Å². The van der Waals surface area contributed by atoms with Crippen LogP contribution in [0.1, 0.15) is 12.8 Å². The lowest BCUT2D eigenvalue weighted by atomic mass is 10.4. The quantitative estimate of drug-likeness (QED) is 0.554. The van der Waals surface area contributed by atoms with Crippen LogP contribution in [-0.4, -0.2) is 48.2 Å². The standard InChI is InChI=1S/C10H18N2O2/c1-2-5-12(6-7-13)8-10(14)11-9-3-4-9/h2,9,13H,1,3-8H2,(H,11,14). The molecule has 14 heavy (non-hydrogen) atoms. The summed E-state index contributed by atoms with van der Waals surface area (Å²) in [4.78, 5) is 13.3. The molecule has 1 aliphatic rings. The molecule has 0 unspecified atom stereocenters. The summed E-state index contributed by atoms with van der Waals surface area (Å²) in [5.74, 6) is 0.0443. The van der Waals surface area contributed by atoms with Gasteiger partial charge in [0.05, 0.1) is 13.2 Å². The van der Waals surface area contributed by atoms with Gasteiger partial charge in [0.1, 0.15) is 0 Å². The third-order valence-corrected chi connectivity index (χ3v) is 2.11. The molecule has 0 aliphatic heterocycles. The second-order valence-electron chi connectivity index (χ2n) is 3.59. The number of nitrogens with one attached hydrogen (secondary N) is 1. The summed E-state index contributed by atoms with van der Waals surface area (Å²) >= 11 is 0. The summed E-state index contributed by atoms with van der Waals surface area (Å²) < 4.78 is 0. The smallest absolute Gasteiger partial charge is 0.234 e. The summed E-state index contributed by atoms with van der Waals surface area (Å²) in [6.07, 6.45) is 3.94. The Morgan fingerprint density at radius 1 is 1.64 bits per heavy atom. The van der Waals surface area contributed by atoms with Crippen LogP contribution in [0, 0.1) is 0 Å². The fraction of sp³-hybridized carbons (Fsp3) is 0.700. The van der Waals surface area contributed by atoms with E-state index in [0.717, 1.165) is 12.8 Å². The van der Waals surface area contributed by atoms with Crippen molar-refractivity contribution in [2.24, 2.45) is 0 Å². The predicted octanol–water partition coefficient (Wildman–Crippen LogP) is -0.255. The van der Waals surface area contributed by atoms with Crippen LogP contribution in [0.3, 0.4) is 0 Å². The fourth-order valence-electron chi connectivity index (χ4n) is 1.26. The molecule has 80 valence electrons. The molecule has 1 aliphatic carbocycles. The number of rotatable bonds is 7. The zero-order valence-corrected chi connectivity index (χ0v) is 8.41. The van der Waals surface area contributed by atoms with Crippen molar-refractivity contribution in [3.63, 3.8) is 0 Å². The number of aliphatic hydroxyl groups excluding tert-OH is 1. The summed E-state index contributed by atoms with van der Waals surface area (Å²) in [6.45, 7) is 5.19. The maximum Gasteiger partial charge on any atom is 0.234 e. The van der Waals surface area contributed by atoms with Gasteiger partial charge in [0, 0.05) is 19.1 Å². The minimum Gasteiger partial charge on any atom is -0.395 e. The highest BCUT2D eigenvalue weighted by Gasteiger charge is 2.23. The van der Waals surface area contributed by atoms with Crippen molar-refractivity contribution in [2.75, 3.05) is 26.2 Å². The summed E-state index contributed by atoms with van der Waals surface area (Å²) in [6, 6.07) is 0.405. The lowest BCUT2D eigenvalue weighted by molar-refractivity contribution is -0.122. The van der Waals surface area contributed by atoms with Crippen molar-refractivity contribution in [3.05, 3.63) is 12.7 Å². The van der Waals surface area contributed by atoms with Crippen molar-refractivity contribution >= 4 is 5.91 Å². The van der Waals surface area contributed by atoms with E-state index in [1.165, 1.54) is 0 Å². The van der Waals surface area contributed by atoms with Crippen LogP contribution < -0.4 is 5.32 Å². The number of carbonyl (C=O) groups excluding carboxylic acids is 1. The van der Waals surface area contributed by atoms with Crippen molar-refractivity contribution < 1.29 is 9.90 Å². The molecule has 4 nitrogen and oxygen atoms in total. The Balaban J connectivity index is 2.21. The normalized spacial score (nSPS) is 15.6. The Kier molecular flexibility index (Phi) is 4.62. The highest BCUT2D eigenvalue weighted by molar-refractivity contribution is 5.78. The van der Waals surface area contributed by atoms with Gasteiger partial charge in [-0.2, -0.15) is 0 Å². The molecular formula is C10H18N2O2. The van der Waals surface area contributed by atoms with Gasteiger partial charge in [-0.3, -0.25) is 9.69 Å². The first-order valence-corrected chi connectivity index (χ1v) is 4.99. The molecule has 2 N–H and O–H groups in total. The van der Waals surface area contributed by atoms with Crippen molar-refractivity contribution in [1.82, 2.24) is 10.2 Å². The summed E-state index contributed by atoms with van der Waals surface area (Å²) in [5.41, 5.74) is 0. The maximum absolute atomic E-state index is 11.4. The molecule has 0 aromatic carbocycles. The largest absolute Gasteiger partial charge is 0.395 e. The van der Waals surface area contributed by atoms with Gasteiger partial charge in [-0.15, -0.1) is 6.58 Å². The molecule has 0 saturated heterocycles. The van der Waals surface area contributed by atoms with Crippen molar-refractivity contribution in [1.29, 1.82) is 0 Å². The molecule has 0 spiro atoms. The molecule has 1 saturated carbocycles. The Bertz CT molecular complexity index is 202. The molecular weight excluding hydrogens is 180 g/mol. The third kappa shape index (κ3) is 4.39. The van der Waals surface area contributed by atoms with Gasteiger partial charge in [0.15, 0.2) is 0 Å². The molecule has 0 heterocycles. The lowest BCUT2D eigenvalue weighted by Crippen LogP contribution is -2.39. The van der Waals surface area contributed by atoms with E-state index >= 15 is 0 Å². The molecule has 1 fully saturated rings. The molecule has 0 aromatic heterocycles. The Morgan fingerprint density at radius 3 is 2.86 bits per heavy atom. The number of nitrogens with zero attached hydrogens (tertiary/aromatic N) is 1. The lowest BCUT2D eigenvalue weighted by Gasteiger charge is -2.18. The molecule has 0 aromatic rings. The van der Waals surface area contributed by atoms with Gasteiger partial charge in [0.2, 0.25) is 5.91 Å². The zero-order chi connectivity index (χ0) is 10.4. The Morgan fingerprint density at radius 2 is 2.36 bits per heavy atom. The maximum atomic E-state index is 11.4. The molecule has 1 amide bonds. The monoisotopic (exact) mass is 198 g/mol. The topological polar surface area (TPSA) is 52.6 Å². The van der Waals surface area contributed by atoms with E-state index in [2.05, 4.69) is 11.9 Å². The fourth-order valence-corrected chi connectivity index (χ4v) is 1.26. The van der Waals surface area contributed by atoms with Gasteiger partial charge in [-0.1, -0.05) is 6.08 Å². The average molecular weight is 198 g/mol. The second kappa shape index (κ2) is 5.78. The number of hydrogen-bond donors (Lipinski definition) is 2. The highest BCUT2D eigenvalue weighted by Crippen LogP contribution is 2.18. The van der Waals surface area contributed by atoms with Crippen LogP contribution in [0.15, 0.2) is 12.7 Å². The van der Waals surface area contributed by atoms with E-state index < -0.39 is 0 Å². The number of carbonyl (C=O) groups is 1. The van der Waals surface area contributed by atoms with E-state index in [1.54, 1.807) is 6.08 Å². The van der Waals surface area contributed by atoms with Crippen LogP contribution in [0.2, 0.25) is 0 Å². The number of hydrogen-bond acceptors (Lipinski definition) is 3. The highest BCUT2D eigenvalue weighted by atomic mass is 16.3. The van der Waals surface area contributed by atoms with Crippen molar-refractivity contribution in [3.8, 4) is 0 Å². The first kappa shape index (κ1) is 11.2. The van der Waals surface area contributed by atoms with Crippen LogP contribution in [0.4, 0.5) is 0 Å². The third-order valence-electron chi connectivity index (χ3n) is 2.11. The molecule has 1 rings (SSSR count). The SMILES string of the molecule is C=CCN(CCO)CC(=O)NC1CC1. The minimum atomic E-state index is 0.0443. The van der Waals surface area contributed by atoms with Crippen LogP contribution in [0.25, 0.3) is 0 Å². The van der Waals surface area contributed by atoms with Gasteiger partial charge < -0.3 is 10.4 Å². The van der Waals surface area contributed by atoms with Crippen LogP contribution in [-0.2, 0) is 4.79 Å².